The number of nitrogen functional groups attached to an aromatic ring is 1. The first-order valence-electron chi connectivity index (χ1n) is 12.3. The van der Waals surface area contributed by atoms with Crippen LogP contribution < -0.4 is 16.3 Å². The molecule has 10 nitrogen and oxygen atoms in total. The SMILES string of the molecule is C=CC(=O)N(C)c1cccc(-n2c(=O)n(-c3ccc(C(CC)=Nc4ccccn4)cc3)c3c(N)ncnc32)c1. The van der Waals surface area contributed by atoms with Gasteiger partial charge in [-0.25, -0.2) is 29.3 Å². The second-order valence-corrected chi connectivity index (χ2v) is 8.65. The minimum absolute atomic E-state index is 0.168. The zero-order chi connectivity index (χ0) is 27.5. The third-order valence-electron chi connectivity index (χ3n) is 6.32. The maximum absolute atomic E-state index is 13.9. The Hall–Kier alpha value is -5.38. The van der Waals surface area contributed by atoms with Crippen LogP contribution >= 0.6 is 0 Å². The molecule has 39 heavy (non-hydrogen) atoms. The summed E-state index contributed by atoms with van der Waals surface area (Å²) in [6.07, 6.45) is 4.96. The molecule has 0 aliphatic heterocycles. The molecule has 0 aliphatic carbocycles. The van der Waals surface area contributed by atoms with Crippen molar-refractivity contribution in [1.29, 1.82) is 0 Å². The summed E-state index contributed by atoms with van der Waals surface area (Å²) in [7, 11) is 1.64. The third kappa shape index (κ3) is 4.71. The molecule has 1 amide bonds. The van der Waals surface area contributed by atoms with Crippen LogP contribution in [-0.2, 0) is 4.79 Å². The number of likely N-dealkylation sites (N-methyl/N-ethyl adjacent to an activating group) is 1. The largest absolute Gasteiger partial charge is 0.382 e. The van der Waals surface area contributed by atoms with E-state index in [2.05, 4.69) is 26.5 Å². The normalized spacial score (nSPS) is 11.5. The summed E-state index contributed by atoms with van der Waals surface area (Å²) >= 11 is 0. The average molecular weight is 519 g/mol. The molecule has 0 spiro atoms. The Morgan fingerprint density at radius 1 is 1.03 bits per heavy atom. The number of imidazole rings is 1. The first kappa shape index (κ1) is 25.3. The van der Waals surface area contributed by atoms with Gasteiger partial charge >= 0.3 is 5.69 Å². The van der Waals surface area contributed by atoms with Gasteiger partial charge in [0.25, 0.3) is 0 Å². The summed E-state index contributed by atoms with van der Waals surface area (Å²) < 4.78 is 2.94. The summed E-state index contributed by atoms with van der Waals surface area (Å²) in [5, 5.41) is 0. The van der Waals surface area contributed by atoms with Crippen molar-refractivity contribution in [2.75, 3.05) is 17.7 Å². The van der Waals surface area contributed by atoms with Gasteiger partial charge in [0.1, 0.15) is 11.8 Å². The molecule has 0 radical (unpaired) electrons. The highest BCUT2D eigenvalue weighted by atomic mass is 16.2. The maximum Gasteiger partial charge on any atom is 0.339 e. The van der Waals surface area contributed by atoms with Gasteiger partial charge in [0.15, 0.2) is 17.3 Å². The highest BCUT2D eigenvalue weighted by Crippen LogP contribution is 2.25. The summed E-state index contributed by atoms with van der Waals surface area (Å²) in [5.74, 6) is 0.526. The number of carbonyl (C=O) groups excluding carboxylic acids is 1. The number of aliphatic imine (C=N–C) groups is 1. The number of nitrogens with zero attached hydrogens (tertiary/aromatic N) is 7. The summed E-state index contributed by atoms with van der Waals surface area (Å²) in [6, 6.07) is 20.1. The van der Waals surface area contributed by atoms with Crippen LogP contribution in [0.4, 0.5) is 17.3 Å². The number of fused-ring (bicyclic) bond motifs is 1. The van der Waals surface area contributed by atoms with E-state index in [1.165, 1.54) is 26.4 Å². The molecular weight excluding hydrogens is 492 g/mol. The van der Waals surface area contributed by atoms with Crippen molar-refractivity contribution in [3.63, 3.8) is 0 Å². The number of carbonyl (C=O) groups is 1. The molecule has 3 heterocycles. The third-order valence-corrected chi connectivity index (χ3v) is 6.32. The van der Waals surface area contributed by atoms with E-state index in [9.17, 15) is 9.59 Å². The average Bonchev–Trinajstić information content (AvgIpc) is 3.28. The van der Waals surface area contributed by atoms with Crippen LogP contribution in [0.2, 0.25) is 0 Å². The van der Waals surface area contributed by atoms with Crippen molar-refractivity contribution < 1.29 is 4.79 Å². The van der Waals surface area contributed by atoms with Crippen LogP contribution in [0, 0.1) is 0 Å². The predicted octanol–water partition coefficient (Wildman–Crippen LogP) is 4.23. The van der Waals surface area contributed by atoms with Gasteiger partial charge in [-0.2, -0.15) is 0 Å². The van der Waals surface area contributed by atoms with E-state index in [0.29, 0.717) is 40.5 Å². The number of nitrogens with two attached hydrogens (primary N) is 1. The Labute approximate surface area is 224 Å². The van der Waals surface area contributed by atoms with Crippen LogP contribution in [0.25, 0.3) is 22.5 Å². The number of hydrogen-bond donors (Lipinski definition) is 1. The maximum atomic E-state index is 13.9. The number of rotatable bonds is 7. The van der Waals surface area contributed by atoms with Crippen molar-refractivity contribution >= 4 is 40.1 Å². The number of amides is 1. The Morgan fingerprint density at radius 2 is 1.82 bits per heavy atom. The lowest BCUT2D eigenvalue weighted by molar-refractivity contribution is -0.113. The van der Waals surface area contributed by atoms with E-state index in [1.807, 2.05) is 49.4 Å². The molecular formula is C29H26N8O2. The highest BCUT2D eigenvalue weighted by Gasteiger charge is 2.21. The topological polar surface area (TPSA) is 124 Å². The van der Waals surface area contributed by atoms with E-state index < -0.39 is 0 Å². The first-order chi connectivity index (χ1) is 18.9. The van der Waals surface area contributed by atoms with E-state index in [1.54, 1.807) is 37.5 Å². The minimum atomic E-state index is -0.377. The lowest BCUT2D eigenvalue weighted by atomic mass is 10.1. The molecule has 5 aromatic rings. The Kier molecular flexibility index (Phi) is 6.83. The van der Waals surface area contributed by atoms with Gasteiger partial charge in [0.2, 0.25) is 5.91 Å². The molecule has 0 unspecified atom stereocenters. The number of pyridine rings is 1. The fourth-order valence-corrected chi connectivity index (χ4v) is 4.33. The second-order valence-electron chi connectivity index (χ2n) is 8.65. The summed E-state index contributed by atoms with van der Waals surface area (Å²) in [5.41, 5.74) is 10.1. The number of anilines is 2. The monoisotopic (exact) mass is 518 g/mol. The summed E-state index contributed by atoms with van der Waals surface area (Å²) in [4.78, 5) is 45.0. The molecule has 0 aliphatic rings. The van der Waals surface area contributed by atoms with Crippen LogP contribution in [0.5, 0.6) is 0 Å². The van der Waals surface area contributed by atoms with Crippen LogP contribution in [-0.4, -0.2) is 42.8 Å². The van der Waals surface area contributed by atoms with Gasteiger partial charge in [0.05, 0.1) is 11.4 Å². The number of hydrogen-bond acceptors (Lipinski definition) is 7. The quantitative estimate of drug-likeness (QED) is 0.254. The molecule has 0 bridgehead atoms. The minimum Gasteiger partial charge on any atom is -0.382 e. The zero-order valence-electron chi connectivity index (χ0n) is 21.5. The molecule has 0 saturated heterocycles. The van der Waals surface area contributed by atoms with Gasteiger partial charge in [-0.15, -0.1) is 0 Å². The van der Waals surface area contributed by atoms with Crippen LogP contribution in [0.1, 0.15) is 18.9 Å². The highest BCUT2D eigenvalue weighted by molar-refractivity contribution is 6.02. The van der Waals surface area contributed by atoms with Crippen molar-refractivity contribution in [3.05, 3.63) is 108 Å². The molecule has 5 rings (SSSR count). The molecule has 0 fully saturated rings. The lowest BCUT2D eigenvalue weighted by Gasteiger charge is -2.16. The van der Waals surface area contributed by atoms with Crippen molar-refractivity contribution in [1.82, 2.24) is 24.1 Å². The fourth-order valence-electron chi connectivity index (χ4n) is 4.33. The summed E-state index contributed by atoms with van der Waals surface area (Å²) in [6.45, 7) is 5.57. The molecule has 10 heteroatoms. The lowest BCUT2D eigenvalue weighted by Crippen LogP contribution is -2.25. The number of aromatic nitrogens is 5. The van der Waals surface area contributed by atoms with Gasteiger partial charge in [-0.1, -0.05) is 37.8 Å². The van der Waals surface area contributed by atoms with Gasteiger partial charge < -0.3 is 10.6 Å². The first-order valence-corrected chi connectivity index (χ1v) is 12.3. The van der Waals surface area contributed by atoms with Gasteiger partial charge in [-0.3, -0.25) is 9.36 Å². The van der Waals surface area contributed by atoms with E-state index in [-0.39, 0.29) is 17.4 Å². The Morgan fingerprint density at radius 3 is 2.51 bits per heavy atom. The van der Waals surface area contributed by atoms with Crippen molar-refractivity contribution in [3.8, 4) is 11.4 Å². The van der Waals surface area contributed by atoms with Crippen LogP contribution in [0.3, 0.4) is 0 Å². The second kappa shape index (κ2) is 10.5. The molecule has 0 saturated carbocycles. The Bertz CT molecular complexity index is 1770. The smallest absolute Gasteiger partial charge is 0.339 e. The molecule has 0 atom stereocenters. The molecule has 2 aromatic carbocycles. The van der Waals surface area contributed by atoms with Gasteiger partial charge in [-0.05, 0) is 60.5 Å². The van der Waals surface area contributed by atoms with E-state index >= 15 is 0 Å². The van der Waals surface area contributed by atoms with Gasteiger partial charge in [0, 0.05) is 24.6 Å². The zero-order valence-corrected chi connectivity index (χ0v) is 21.5. The molecule has 194 valence electrons. The van der Waals surface area contributed by atoms with Crippen molar-refractivity contribution in [2.45, 2.75) is 13.3 Å². The molecule has 2 N–H and O–H groups in total. The number of benzene rings is 2. The van der Waals surface area contributed by atoms with Crippen molar-refractivity contribution in [2.24, 2.45) is 4.99 Å². The van der Waals surface area contributed by atoms with E-state index in [4.69, 9.17) is 5.73 Å². The Balaban J connectivity index is 1.63. The van der Waals surface area contributed by atoms with E-state index in [0.717, 1.165) is 11.3 Å². The van der Waals surface area contributed by atoms with Crippen LogP contribution in [0.15, 0.2) is 102 Å². The predicted molar refractivity (Wildman–Crippen MR) is 153 cm³/mol. The standard InChI is InChI=1S/C29H26N8O2/c1-4-23(34-24-11-6-7-16-31-24)19-12-14-20(15-13-19)36-26-27(30)32-18-33-28(26)37(29(36)39)22-10-8-9-21(17-22)35(3)25(38)5-2/h5-18H,2,4H2,1,3H3,(H2,30,32,33). The fraction of sp³-hybridized carbons (Fsp3) is 0.103. The molecule has 3 aromatic heterocycles.